The Morgan fingerprint density at radius 2 is 1.64 bits per heavy atom. The van der Waals surface area contributed by atoms with Crippen LogP contribution in [-0.4, -0.2) is 46.9 Å². The van der Waals surface area contributed by atoms with E-state index in [0.29, 0.717) is 17.2 Å². The monoisotopic (exact) mass is 406 g/mol. The van der Waals surface area contributed by atoms with Gasteiger partial charge in [-0.2, -0.15) is 0 Å². The highest BCUT2D eigenvalue weighted by Crippen LogP contribution is 2.21. The number of anilines is 1. The van der Waals surface area contributed by atoms with Crippen molar-refractivity contribution in [2.75, 3.05) is 30.8 Å². The van der Waals surface area contributed by atoms with Gasteiger partial charge in [-0.15, -0.1) is 0 Å². The molecule has 1 amide bonds. The Hall–Kier alpha value is -2.74. The summed E-state index contributed by atoms with van der Waals surface area (Å²) in [6.07, 6.45) is 1.06. The minimum atomic E-state index is -3.63. The molecule has 7 nitrogen and oxygen atoms in total. The zero-order valence-electron chi connectivity index (χ0n) is 16.5. The van der Waals surface area contributed by atoms with Gasteiger partial charge in [-0.05, 0) is 50.2 Å². The van der Waals surface area contributed by atoms with Crippen molar-refractivity contribution in [3.63, 3.8) is 0 Å². The Labute approximate surface area is 166 Å². The van der Waals surface area contributed by atoms with Crippen molar-refractivity contribution in [1.82, 2.24) is 5.32 Å². The predicted molar refractivity (Wildman–Crippen MR) is 109 cm³/mol. The van der Waals surface area contributed by atoms with Crippen LogP contribution in [0.5, 0.6) is 11.5 Å². The minimum Gasteiger partial charge on any atom is -0.497 e. The summed E-state index contributed by atoms with van der Waals surface area (Å²) in [5.74, 6) is 0.896. The molecule has 8 heteroatoms. The largest absolute Gasteiger partial charge is 0.497 e. The fraction of sp³-hybridized carbons (Fsp3) is 0.350. The van der Waals surface area contributed by atoms with Crippen LogP contribution in [0.4, 0.5) is 5.69 Å². The Balaban J connectivity index is 1.95. The quantitative estimate of drug-likeness (QED) is 0.691. The number of ether oxygens (including phenoxy) is 2. The molecule has 0 spiro atoms. The first-order valence-corrected chi connectivity index (χ1v) is 10.6. The molecule has 2 rings (SSSR count). The summed E-state index contributed by atoms with van der Waals surface area (Å²) in [5.41, 5.74) is 1.52. The predicted octanol–water partition coefficient (Wildman–Crippen LogP) is 2.35. The van der Waals surface area contributed by atoms with Gasteiger partial charge in [-0.1, -0.05) is 17.7 Å². The maximum absolute atomic E-state index is 12.4. The number of carbonyl (C=O) groups excluding carboxylic acids is 1. The number of nitrogens with zero attached hydrogens (tertiary/aromatic N) is 1. The lowest BCUT2D eigenvalue weighted by molar-refractivity contribution is -0.120. The van der Waals surface area contributed by atoms with E-state index in [4.69, 9.17) is 9.47 Å². The maximum Gasteiger partial charge on any atom is 0.241 e. The Kier molecular flexibility index (Phi) is 7.28. The van der Waals surface area contributed by atoms with E-state index < -0.39 is 15.9 Å². The van der Waals surface area contributed by atoms with Crippen LogP contribution in [-0.2, 0) is 14.8 Å². The number of methoxy groups -OCH3 is 1. The second kappa shape index (κ2) is 9.45. The number of sulfonamides is 1. The molecular formula is C20H26N2O5S. The molecule has 0 radical (unpaired) electrons. The van der Waals surface area contributed by atoms with Crippen LogP contribution in [0.25, 0.3) is 0 Å². The molecule has 2 aromatic carbocycles. The standard InChI is InChI=1S/C20H26N2O5S/c1-15-5-9-19(10-6-15)27-14-16(2)21-20(23)13-22(28(4,24)25)17-7-11-18(26-3)12-8-17/h5-12,16H,13-14H2,1-4H3,(H,21,23)/t16-/m0/s1. The van der Waals surface area contributed by atoms with E-state index in [0.717, 1.165) is 16.1 Å². The topological polar surface area (TPSA) is 84.9 Å². The van der Waals surface area contributed by atoms with E-state index in [1.54, 1.807) is 31.2 Å². The Bertz CT molecular complexity index is 880. The summed E-state index contributed by atoms with van der Waals surface area (Å²) < 4.78 is 36.0. The SMILES string of the molecule is COc1ccc(N(CC(=O)N[C@@H](C)COc2ccc(C)cc2)S(C)(=O)=O)cc1. The first-order chi connectivity index (χ1) is 13.2. The second-order valence-corrected chi connectivity index (χ2v) is 8.47. The molecule has 0 aromatic heterocycles. The molecule has 2 aromatic rings. The molecule has 0 saturated carbocycles. The zero-order chi connectivity index (χ0) is 20.7. The average Bonchev–Trinajstić information content (AvgIpc) is 2.65. The minimum absolute atomic E-state index is 0.274. The third-order valence-electron chi connectivity index (χ3n) is 3.98. The van der Waals surface area contributed by atoms with Crippen molar-refractivity contribution in [2.45, 2.75) is 19.9 Å². The Morgan fingerprint density at radius 1 is 1.07 bits per heavy atom. The fourth-order valence-electron chi connectivity index (χ4n) is 2.50. The molecule has 28 heavy (non-hydrogen) atoms. The van der Waals surface area contributed by atoms with Crippen LogP contribution in [0.3, 0.4) is 0 Å². The summed E-state index contributed by atoms with van der Waals surface area (Å²) in [6.45, 7) is 3.74. The van der Waals surface area contributed by atoms with Crippen molar-refractivity contribution in [3.05, 3.63) is 54.1 Å². The van der Waals surface area contributed by atoms with Crippen LogP contribution in [0.15, 0.2) is 48.5 Å². The van der Waals surface area contributed by atoms with Gasteiger partial charge in [-0.3, -0.25) is 9.10 Å². The van der Waals surface area contributed by atoms with Crippen LogP contribution >= 0.6 is 0 Å². The number of hydrogen-bond acceptors (Lipinski definition) is 5. The highest BCUT2D eigenvalue weighted by atomic mass is 32.2. The molecule has 0 unspecified atom stereocenters. The van der Waals surface area contributed by atoms with Crippen molar-refractivity contribution < 1.29 is 22.7 Å². The van der Waals surface area contributed by atoms with Gasteiger partial charge in [0.05, 0.1) is 25.1 Å². The van der Waals surface area contributed by atoms with Gasteiger partial charge in [0.25, 0.3) is 0 Å². The van der Waals surface area contributed by atoms with Gasteiger partial charge in [0.1, 0.15) is 24.7 Å². The lowest BCUT2D eigenvalue weighted by Crippen LogP contribution is -2.44. The first kappa shape index (κ1) is 21.6. The molecule has 0 bridgehead atoms. The molecule has 0 saturated heterocycles. The van der Waals surface area contributed by atoms with Crippen LogP contribution < -0.4 is 19.1 Å². The zero-order valence-corrected chi connectivity index (χ0v) is 17.3. The summed E-state index contributed by atoms with van der Waals surface area (Å²) in [7, 11) is -2.10. The lowest BCUT2D eigenvalue weighted by atomic mass is 10.2. The maximum atomic E-state index is 12.4. The molecule has 1 N–H and O–H groups in total. The van der Waals surface area contributed by atoms with E-state index in [-0.39, 0.29) is 19.2 Å². The first-order valence-electron chi connectivity index (χ1n) is 8.79. The summed E-state index contributed by atoms with van der Waals surface area (Å²) >= 11 is 0. The van der Waals surface area contributed by atoms with Gasteiger partial charge >= 0.3 is 0 Å². The average molecular weight is 407 g/mol. The molecular weight excluding hydrogens is 380 g/mol. The van der Waals surface area contributed by atoms with Crippen LogP contribution in [0.2, 0.25) is 0 Å². The van der Waals surface area contributed by atoms with Gasteiger partial charge < -0.3 is 14.8 Å². The van der Waals surface area contributed by atoms with E-state index >= 15 is 0 Å². The van der Waals surface area contributed by atoms with Crippen molar-refractivity contribution >= 4 is 21.6 Å². The highest BCUT2D eigenvalue weighted by Gasteiger charge is 2.21. The highest BCUT2D eigenvalue weighted by molar-refractivity contribution is 7.92. The third kappa shape index (κ3) is 6.45. The number of rotatable bonds is 9. The normalized spacial score (nSPS) is 12.1. The number of hydrogen-bond donors (Lipinski definition) is 1. The number of amides is 1. The van der Waals surface area contributed by atoms with Crippen molar-refractivity contribution in [1.29, 1.82) is 0 Å². The molecule has 0 aliphatic rings. The van der Waals surface area contributed by atoms with Gasteiger partial charge in [-0.25, -0.2) is 8.42 Å². The number of aryl methyl sites for hydroxylation is 1. The molecule has 152 valence electrons. The summed E-state index contributed by atoms with van der Waals surface area (Å²) in [4.78, 5) is 12.4. The number of carbonyl (C=O) groups is 1. The van der Waals surface area contributed by atoms with E-state index in [9.17, 15) is 13.2 Å². The Morgan fingerprint density at radius 3 is 2.18 bits per heavy atom. The molecule has 0 fully saturated rings. The molecule has 0 heterocycles. The second-order valence-electron chi connectivity index (χ2n) is 6.56. The van der Waals surface area contributed by atoms with Gasteiger partial charge in [0, 0.05) is 0 Å². The number of nitrogens with one attached hydrogen (secondary N) is 1. The molecule has 0 aliphatic carbocycles. The lowest BCUT2D eigenvalue weighted by Gasteiger charge is -2.23. The van der Waals surface area contributed by atoms with E-state index in [1.807, 2.05) is 31.2 Å². The molecule has 0 aliphatic heterocycles. The summed E-state index contributed by atoms with van der Waals surface area (Å²) in [5, 5.41) is 2.76. The van der Waals surface area contributed by atoms with E-state index in [1.165, 1.54) is 7.11 Å². The van der Waals surface area contributed by atoms with Gasteiger partial charge in [0.2, 0.25) is 15.9 Å². The van der Waals surface area contributed by atoms with Crippen LogP contribution in [0, 0.1) is 6.92 Å². The van der Waals surface area contributed by atoms with Crippen molar-refractivity contribution in [3.8, 4) is 11.5 Å². The smallest absolute Gasteiger partial charge is 0.241 e. The fourth-order valence-corrected chi connectivity index (χ4v) is 3.35. The van der Waals surface area contributed by atoms with Crippen molar-refractivity contribution in [2.24, 2.45) is 0 Å². The summed E-state index contributed by atoms with van der Waals surface area (Å²) in [6, 6.07) is 13.8. The third-order valence-corrected chi connectivity index (χ3v) is 5.12. The molecule has 1 atom stereocenters. The number of benzene rings is 2. The van der Waals surface area contributed by atoms with E-state index in [2.05, 4.69) is 5.32 Å². The van der Waals surface area contributed by atoms with Crippen LogP contribution in [0.1, 0.15) is 12.5 Å². The van der Waals surface area contributed by atoms with Gasteiger partial charge in [0.15, 0.2) is 0 Å².